The molecule has 0 unspecified atom stereocenters. The lowest BCUT2D eigenvalue weighted by Crippen LogP contribution is -2.57. The summed E-state index contributed by atoms with van der Waals surface area (Å²) in [5.74, 6) is -1.15. The molecule has 1 spiro atoms. The van der Waals surface area contributed by atoms with Crippen LogP contribution in [0.3, 0.4) is 0 Å². The van der Waals surface area contributed by atoms with E-state index in [0.717, 1.165) is 5.57 Å². The van der Waals surface area contributed by atoms with E-state index in [2.05, 4.69) is 30.1 Å². The van der Waals surface area contributed by atoms with Gasteiger partial charge in [0.15, 0.2) is 0 Å². The van der Waals surface area contributed by atoms with E-state index in [1.807, 2.05) is 13.8 Å². The molecule has 12 atom stereocenters. The minimum atomic E-state index is -0.767. The molecular weight excluding hydrogens is 462 g/mol. The van der Waals surface area contributed by atoms with Gasteiger partial charge in [-0.2, -0.15) is 0 Å². The highest BCUT2D eigenvalue weighted by Crippen LogP contribution is 2.61. The maximum absolute atomic E-state index is 12.9. The Morgan fingerprint density at radius 2 is 2.08 bits per heavy atom. The first-order chi connectivity index (χ1) is 17.2. The molecular formula is C28H39NO7. The first kappa shape index (κ1) is 25.7. The van der Waals surface area contributed by atoms with Crippen LogP contribution in [-0.4, -0.2) is 77.1 Å². The lowest BCUT2D eigenvalue weighted by atomic mass is 9.57. The molecule has 0 radical (unpaired) electrons. The Labute approximate surface area is 212 Å². The van der Waals surface area contributed by atoms with Crippen molar-refractivity contribution in [2.45, 2.75) is 76.3 Å². The van der Waals surface area contributed by atoms with E-state index < -0.39 is 29.9 Å². The normalized spacial score (nSPS) is 46.4. The topological polar surface area (TPSA) is 110 Å². The van der Waals surface area contributed by atoms with E-state index in [4.69, 9.17) is 18.9 Å². The van der Waals surface area contributed by atoms with Crippen molar-refractivity contribution in [1.29, 1.82) is 0 Å². The van der Waals surface area contributed by atoms with E-state index >= 15 is 0 Å². The average Bonchev–Trinajstić information content (AvgIpc) is 3.44. The lowest BCUT2D eigenvalue weighted by Gasteiger charge is -2.49. The molecule has 3 N–H and O–H groups in total. The molecule has 2 aliphatic heterocycles. The third-order valence-corrected chi connectivity index (χ3v) is 8.99. The molecule has 4 bridgehead atoms. The predicted octanol–water partition coefficient (Wildman–Crippen LogP) is 2.87. The van der Waals surface area contributed by atoms with Gasteiger partial charge in [0.2, 0.25) is 0 Å². The number of carbonyl (C=O) groups excluding carboxylic acids is 1. The van der Waals surface area contributed by atoms with Gasteiger partial charge in [-0.25, -0.2) is 4.79 Å². The van der Waals surface area contributed by atoms with Crippen LogP contribution in [0.1, 0.15) is 44.6 Å². The minimum absolute atomic E-state index is 0.0523. The van der Waals surface area contributed by atoms with Crippen molar-refractivity contribution < 1.29 is 34.0 Å². The van der Waals surface area contributed by atoms with E-state index in [1.54, 1.807) is 32.4 Å². The molecule has 36 heavy (non-hydrogen) atoms. The minimum Gasteiger partial charge on any atom is -0.455 e. The Hall–Kier alpha value is -1.97. The number of ether oxygens (including phenoxy) is 4. The van der Waals surface area contributed by atoms with Crippen molar-refractivity contribution >= 4 is 5.97 Å². The van der Waals surface area contributed by atoms with E-state index in [-0.39, 0.29) is 47.9 Å². The molecule has 1 aromatic heterocycles. The summed E-state index contributed by atoms with van der Waals surface area (Å²) in [6.07, 6.45) is 5.85. The molecule has 8 nitrogen and oxygen atoms in total. The molecule has 8 heteroatoms. The molecule has 1 saturated carbocycles. The zero-order chi connectivity index (χ0) is 25.8. The second-order valence-corrected chi connectivity index (χ2v) is 11.1. The first-order valence-electron chi connectivity index (χ1n) is 13.1. The number of nitrogens with one attached hydrogen (secondary N) is 1. The fourth-order valence-electron chi connectivity index (χ4n) is 7.23. The summed E-state index contributed by atoms with van der Waals surface area (Å²) in [4.78, 5) is 15.8. The van der Waals surface area contributed by atoms with Crippen molar-refractivity contribution in [3.63, 3.8) is 0 Å². The van der Waals surface area contributed by atoms with E-state index in [1.165, 1.54) is 0 Å². The monoisotopic (exact) mass is 501 g/mol. The van der Waals surface area contributed by atoms with Crippen molar-refractivity contribution in [3.8, 4) is 0 Å². The smallest absolute Gasteiger partial charge is 0.355 e. The van der Waals surface area contributed by atoms with Gasteiger partial charge in [0, 0.05) is 42.9 Å². The number of aromatic nitrogens is 1. The molecule has 1 aromatic rings. The van der Waals surface area contributed by atoms with Gasteiger partial charge in [0.1, 0.15) is 23.5 Å². The Morgan fingerprint density at radius 3 is 2.75 bits per heavy atom. The summed E-state index contributed by atoms with van der Waals surface area (Å²) in [5, 5.41) is 22.1. The molecule has 2 aliphatic carbocycles. The molecule has 5 rings (SSSR count). The summed E-state index contributed by atoms with van der Waals surface area (Å²) < 4.78 is 24.9. The quantitative estimate of drug-likeness (QED) is 0.430. The average molecular weight is 502 g/mol. The van der Waals surface area contributed by atoms with Crippen molar-refractivity contribution in [1.82, 2.24) is 4.98 Å². The zero-order valence-electron chi connectivity index (χ0n) is 21.7. The Balaban J connectivity index is 1.55. The summed E-state index contributed by atoms with van der Waals surface area (Å²) in [6, 6.07) is 3.43. The Kier molecular flexibility index (Phi) is 6.93. The van der Waals surface area contributed by atoms with Gasteiger partial charge in [0.25, 0.3) is 0 Å². The number of aliphatic hydroxyl groups excluding tert-OH is 2. The molecule has 0 aromatic carbocycles. The van der Waals surface area contributed by atoms with Crippen LogP contribution in [0.2, 0.25) is 0 Å². The van der Waals surface area contributed by atoms with Gasteiger partial charge in [0.05, 0.1) is 31.0 Å². The van der Waals surface area contributed by atoms with Crippen LogP contribution < -0.4 is 0 Å². The van der Waals surface area contributed by atoms with Gasteiger partial charge in [-0.15, -0.1) is 0 Å². The largest absolute Gasteiger partial charge is 0.455 e. The third-order valence-electron chi connectivity index (χ3n) is 8.99. The van der Waals surface area contributed by atoms with E-state index in [9.17, 15) is 15.0 Å². The summed E-state index contributed by atoms with van der Waals surface area (Å²) >= 11 is 0. The van der Waals surface area contributed by atoms with Crippen LogP contribution in [0.15, 0.2) is 42.1 Å². The van der Waals surface area contributed by atoms with Gasteiger partial charge < -0.3 is 34.1 Å². The lowest BCUT2D eigenvalue weighted by molar-refractivity contribution is -0.117. The standard InChI is InChI=1S/C28H39NO7/c1-14-11-15(2)28-18(12-19(33-5)13-34-24(14)17(4)30)8-9-20-22(28)23(31)16(3)25(26(20)36-28)35-27(32)21-7-6-10-29-21/h6-11,14,16-20,22-26,29-31H,12-13H2,1-5H3/b15-11-/t14-,16-,17-,18-,19+,20-,22+,23-,24+,25-,26+,28+/m1/s1. The fraction of sp³-hybridized carbons (Fsp3) is 0.679. The highest BCUT2D eigenvalue weighted by Gasteiger charge is 2.68. The van der Waals surface area contributed by atoms with Crippen LogP contribution in [0.5, 0.6) is 0 Å². The number of aromatic amines is 1. The summed E-state index contributed by atoms with van der Waals surface area (Å²) in [5.41, 5.74) is 0.620. The van der Waals surface area contributed by atoms with Gasteiger partial charge >= 0.3 is 5.97 Å². The maximum Gasteiger partial charge on any atom is 0.355 e. The number of H-pyrrole nitrogens is 1. The van der Waals surface area contributed by atoms with Crippen LogP contribution >= 0.6 is 0 Å². The predicted molar refractivity (Wildman–Crippen MR) is 132 cm³/mol. The highest BCUT2D eigenvalue weighted by molar-refractivity contribution is 5.87. The van der Waals surface area contributed by atoms with Crippen LogP contribution in [0.4, 0.5) is 0 Å². The molecule has 3 heterocycles. The summed E-state index contributed by atoms with van der Waals surface area (Å²) in [7, 11) is 1.67. The van der Waals surface area contributed by atoms with Gasteiger partial charge in [-0.05, 0) is 38.0 Å². The zero-order valence-corrected chi connectivity index (χ0v) is 21.7. The molecule has 2 fully saturated rings. The number of rotatable bonds is 4. The number of methoxy groups -OCH3 is 1. The highest BCUT2D eigenvalue weighted by atomic mass is 16.6. The van der Waals surface area contributed by atoms with Crippen molar-refractivity contribution in [2.75, 3.05) is 13.7 Å². The number of hydrogen-bond acceptors (Lipinski definition) is 7. The third kappa shape index (κ3) is 3.98. The number of carbonyl (C=O) groups is 1. The number of hydrogen-bond donors (Lipinski definition) is 3. The van der Waals surface area contributed by atoms with Crippen molar-refractivity contribution in [3.05, 3.63) is 47.8 Å². The second-order valence-electron chi connectivity index (χ2n) is 11.1. The Bertz CT molecular complexity index is 1000. The molecule has 0 amide bonds. The molecule has 1 saturated heterocycles. The van der Waals surface area contributed by atoms with Crippen LogP contribution in [-0.2, 0) is 18.9 Å². The summed E-state index contributed by atoms with van der Waals surface area (Å²) in [6.45, 7) is 8.13. The Morgan fingerprint density at radius 1 is 1.31 bits per heavy atom. The van der Waals surface area contributed by atoms with Crippen LogP contribution in [0.25, 0.3) is 0 Å². The number of aliphatic hydroxyl groups is 2. The van der Waals surface area contributed by atoms with Gasteiger partial charge in [-0.3, -0.25) is 0 Å². The first-order valence-corrected chi connectivity index (χ1v) is 13.1. The van der Waals surface area contributed by atoms with Gasteiger partial charge in [-0.1, -0.05) is 32.1 Å². The molecule has 4 aliphatic rings. The van der Waals surface area contributed by atoms with E-state index in [0.29, 0.717) is 18.7 Å². The molecule has 198 valence electrons. The van der Waals surface area contributed by atoms with Crippen LogP contribution in [0, 0.1) is 29.6 Å². The van der Waals surface area contributed by atoms with Crippen molar-refractivity contribution in [2.24, 2.45) is 29.6 Å². The SMILES string of the molecule is CO[C@@H]1CO[C@H]([C@@H](C)O)[C@H](C)/C=C(/C)[C@]23O[C@H]4[C@H](C=C[C@@H]2C1)[C@H]3[C@H](O)[C@@H](C)[C@H]4OC(=O)c1ccc[nH]1. The fourth-order valence-corrected chi connectivity index (χ4v) is 7.23. The number of esters is 1. The maximum atomic E-state index is 12.9. The second kappa shape index (κ2) is 9.72.